The second kappa shape index (κ2) is 10.9. The van der Waals surface area contributed by atoms with Crippen LogP contribution in [0.1, 0.15) is 31.7 Å². The van der Waals surface area contributed by atoms with E-state index in [2.05, 4.69) is 53.8 Å². The molecular formula is C19H33IN4O2S. The zero-order chi connectivity index (χ0) is 18.4. The second-order valence-corrected chi connectivity index (χ2v) is 8.57. The zero-order valence-electron chi connectivity index (χ0n) is 16.6. The van der Waals surface area contributed by atoms with Gasteiger partial charge >= 0.3 is 0 Å². The predicted octanol–water partition coefficient (Wildman–Crippen LogP) is 2.72. The van der Waals surface area contributed by atoms with Crippen LogP contribution in [0.4, 0.5) is 0 Å². The summed E-state index contributed by atoms with van der Waals surface area (Å²) in [5.41, 5.74) is 0.190. The van der Waals surface area contributed by atoms with Gasteiger partial charge in [-0.2, -0.15) is 0 Å². The minimum atomic E-state index is 0. The van der Waals surface area contributed by atoms with Gasteiger partial charge in [0.15, 0.2) is 5.96 Å². The number of thiophene rings is 1. The zero-order valence-corrected chi connectivity index (χ0v) is 19.7. The first-order chi connectivity index (χ1) is 12.6. The van der Waals surface area contributed by atoms with E-state index in [1.807, 2.05) is 11.3 Å². The van der Waals surface area contributed by atoms with Crippen molar-refractivity contribution in [3.63, 3.8) is 0 Å². The van der Waals surface area contributed by atoms with Crippen molar-refractivity contribution in [2.45, 2.75) is 32.9 Å². The lowest BCUT2D eigenvalue weighted by molar-refractivity contribution is -0.0945. The van der Waals surface area contributed by atoms with Gasteiger partial charge in [0.1, 0.15) is 0 Å². The van der Waals surface area contributed by atoms with Crippen molar-refractivity contribution < 1.29 is 9.47 Å². The first-order valence-electron chi connectivity index (χ1n) is 9.58. The van der Waals surface area contributed by atoms with Crippen LogP contribution in [-0.4, -0.2) is 69.5 Å². The fourth-order valence-electron chi connectivity index (χ4n) is 3.37. The molecule has 3 heterocycles. The highest BCUT2D eigenvalue weighted by Crippen LogP contribution is 2.27. The number of guanidine groups is 1. The highest BCUT2D eigenvalue weighted by Gasteiger charge is 2.33. The molecule has 0 saturated carbocycles. The molecule has 1 aromatic heterocycles. The van der Waals surface area contributed by atoms with Crippen LogP contribution >= 0.6 is 35.3 Å². The molecule has 0 amide bonds. The van der Waals surface area contributed by atoms with Gasteiger partial charge in [-0.15, -0.1) is 35.3 Å². The van der Waals surface area contributed by atoms with Crippen LogP contribution in [0.2, 0.25) is 0 Å². The molecule has 154 valence electrons. The first kappa shape index (κ1) is 22.9. The van der Waals surface area contributed by atoms with E-state index in [9.17, 15) is 0 Å². The first-order valence-corrected chi connectivity index (χ1v) is 10.5. The second-order valence-electron chi connectivity index (χ2n) is 7.59. The van der Waals surface area contributed by atoms with E-state index in [0.29, 0.717) is 6.04 Å². The van der Waals surface area contributed by atoms with Gasteiger partial charge in [-0.3, -0.25) is 9.89 Å². The number of ether oxygens (including phenoxy) is 2. The smallest absolute Gasteiger partial charge is 0.191 e. The Morgan fingerprint density at radius 2 is 2.26 bits per heavy atom. The molecular weight excluding hydrogens is 475 g/mol. The van der Waals surface area contributed by atoms with Crippen molar-refractivity contribution in [2.24, 2.45) is 10.4 Å². The molecule has 6 nitrogen and oxygen atoms in total. The minimum absolute atomic E-state index is 0. The average molecular weight is 508 g/mol. The van der Waals surface area contributed by atoms with Crippen molar-refractivity contribution in [3.05, 3.63) is 22.4 Å². The summed E-state index contributed by atoms with van der Waals surface area (Å²) in [6, 6.07) is 4.70. The summed E-state index contributed by atoms with van der Waals surface area (Å²) in [4.78, 5) is 8.71. The van der Waals surface area contributed by atoms with E-state index in [4.69, 9.17) is 14.5 Å². The maximum absolute atomic E-state index is 5.73. The normalized spacial score (nSPS) is 23.8. The molecule has 2 atom stereocenters. The van der Waals surface area contributed by atoms with Crippen LogP contribution in [0.3, 0.4) is 0 Å². The summed E-state index contributed by atoms with van der Waals surface area (Å²) in [6.07, 6.45) is 0.284. The van der Waals surface area contributed by atoms with Gasteiger partial charge in [-0.25, -0.2) is 0 Å². The fourth-order valence-corrected chi connectivity index (χ4v) is 4.23. The molecule has 1 aromatic rings. The molecule has 0 bridgehead atoms. The van der Waals surface area contributed by atoms with Crippen molar-refractivity contribution in [2.75, 3.05) is 52.5 Å². The Bertz CT molecular complexity index is 580. The fraction of sp³-hybridized carbons (Fsp3) is 0.737. The molecule has 3 rings (SSSR count). The Balaban J connectivity index is 0.00000261. The molecule has 0 spiro atoms. The van der Waals surface area contributed by atoms with Gasteiger partial charge in [-0.05, 0) is 25.3 Å². The van der Waals surface area contributed by atoms with Gasteiger partial charge in [-0.1, -0.05) is 13.0 Å². The largest absolute Gasteiger partial charge is 0.380 e. The lowest BCUT2D eigenvalue weighted by Crippen LogP contribution is -2.48. The maximum atomic E-state index is 5.73. The molecule has 0 radical (unpaired) electrons. The third-order valence-electron chi connectivity index (χ3n) is 4.91. The number of nitrogens with one attached hydrogen (secondary N) is 2. The molecule has 0 aliphatic carbocycles. The Morgan fingerprint density at radius 1 is 1.44 bits per heavy atom. The quantitative estimate of drug-likeness (QED) is 0.337. The Kier molecular flexibility index (Phi) is 9.27. The summed E-state index contributed by atoms with van der Waals surface area (Å²) in [6.45, 7) is 13.3. The van der Waals surface area contributed by atoms with E-state index < -0.39 is 0 Å². The van der Waals surface area contributed by atoms with Crippen LogP contribution in [0.25, 0.3) is 0 Å². The highest BCUT2D eigenvalue weighted by atomic mass is 127. The molecule has 2 saturated heterocycles. The number of morpholine rings is 1. The summed E-state index contributed by atoms with van der Waals surface area (Å²) in [5.74, 6) is 0.892. The van der Waals surface area contributed by atoms with E-state index in [1.54, 1.807) is 0 Å². The molecule has 27 heavy (non-hydrogen) atoms. The third-order valence-corrected chi connectivity index (χ3v) is 5.89. The van der Waals surface area contributed by atoms with E-state index in [0.717, 1.165) is 58.5 Å². The number of halogens is 1. The highest BCUT2D eigenvalue weighted by molar-refractivity contribution is 14.0. The topological polar surface area (TPSA) is 58.1 Å². The van der Waals surface area contributed by atoms with Crippen LogP contribution in [0.15, 0.2) is 22.5 Å². The summed E-state index contributed by atoms with van der Waals surface area (Å²) < 4.78 is 11.1. The van der Waals surface area contributed by atoms with E-state index in [1.165, 1.54) is 4.88 Å². The molecule has 2 aliphatic rings. The number of aliphatic imine (C=N–C) groups is 1. The number of rotatable bonds is 7. The molecule has 2 unspecified atom stereocenters. The minimum Gasteiger partial charge on any atom is -0.380 e. The van der Waals surface area contributed by atoms with Crippen molar-refractivity contribution >= 4 is 41.3 Å². The summed E-state index contributed by atoms with van der Waals surface area (Å²) in [5, 5.41) is 9.09. The van der Waals surface area contributed by atoms with Gasteiger partial charge in [0.25, 0.3) is 0 Å². The van der Waals surface area contributed by atoms with Crippen LogP contribution in [0, 0.1) is 5.41 Å². The Labute approximate surface area is 184 Å². The molecule has 2 fully saturated rings. The van der Waals surface area contributed by atoms with E-state index >= 15 is 0 Å². The lowest BCUT2D eigenvalue weighted by Gasteiger charge is -2.37. The van der Waals surface area contributed by atoms with Crippen LogP contribution in [-0.2, 0) is 9.47 Å². The molecule has 2 aliphatic heterocycles. The predicted molar refractivity (Wildman–Crippen MR) is 122 cm³/mol. The van der Waals surface area contributed by atoms with Crippen LogP contribution < -0.4 is 10.6 Å². The number of hydrogen-bond acceptors (Lipinski definition) is 5. The standard InChI is InChI=1S/C19H32N4O2S.HI/c1-4-20-18(22-12-19(3)13-24-14-19)21-10-16(17-6-5-9-26-17)23-7-8-25-15(2)11-23;/h5-6,9,15-16H,4,7-8,10-14H2,1-3H3,(H2,20,21,22);1H. The number of hydrogen-bond donors (Lipinski definition) is 2. The van der Waals surface area contributed by atoms with Crippen molar-refractivity contribution in [3.8, 4) is 0 Å². The molecule has 8 heteroatoms. The van der Waals surface area contributed by atoms with Crippen LogP contribution in [0.5, 0.6) is 0 Å². The molecule has 2 N–H and O–H groups in total. The van der Waals surface area contributed by atoms with E-state index in [-0.39, 0.29) is 35.5 Å². The Morgan fingerprint density at radius 3 is 2.85 bits per heavy atom. The Hall–Kier alpha value is -0.420. The summed E-state index contributed by atoms with van der Waals surface area (Å²) >= 11 is 1.82. The average Bonchev–Trinajstić information content (AvgIpc) is 3.12. The van der Waals surface area contributed by atoms with Gasteiger partial charge < -0.3 is 20.1 Å². The third kappa shape index (κ3) is 6.56. The molecule has 0 aromatic carbocycles. The van der Waals surface area contributed by atoms with Gasteiger partial charge in [0.05, 0.1) is 38.5 Å². The maximum Gasteiger partial charge on any atom is 0.191 e. The SMILES string of the molecule is CCNC(=NCC1(C)COC1)NCC(c1cccs1)N1CCOC(C)C1.I. The monoisotopic (exact) mass is 508 g/mol. The van der Waals surface area contributed by atoms with Gasteiger partial charge in [0.2, 0.25) is 0 Å². The number of nitrogens with zero attached hydrogens (tertiary/aromatic N) is 2. The lowest BCUT2D eigenvalue weighted by atomic mass is 9.89. The van der Waals surface area contributed by atoms with Gasteiger partial charge in [0, 0.05) is 36.5 Å². The van der Waals surface area contributed by atoms with Crippen molar-refractivity contribution in [1.29, 1.82) is 0 Å². The summed E-state index contributed by atoms with van der Waals surface area (Å²) in [7, 11) is 0. The van der Waals surface area contributed by atoms with Crippen molar-refractivity contribution in [1.82, 2.24) is 15.5 Å².